The van der Waals surface area contributed by atoms with Crippen molar-refractivity contribution in [1.29, 1.82) is 0 Å². The van der Waals surface area contributed by atoms with E-state index < -0.39 is 5.97 Å². The lowest BCUT2D eigenvalue weighted by atomic mass is 10.1. The van der Waals surface area contributed by atoms with Crippen LogP contribution in [0.5, 0.6) is 17.2 Å². The molecule has 0 fully saturated rings. The number of hydrogen-bond donors (Lipinski definition) is 1. The van der Waals surface area contributed by atoms with Gasteiger partial charge in [0.1, 0.15) is 25.6 Å². The van der Waals surface area contributed by atoms with Crippen molar-refractivity contribution in [2.75, 3.05) is 13.7 Å². The molecule has 0 amide bonds. The van der Waals surface area contributed by atoms with E-state index in [1.165, 1.54) is 7.11 Å². The van der Waals surface area contributed by atoms with E-state index >= 15 is 0 Å². The largest absolute Gasteiger partial charge is 0.485 e. The Morgan fingerprint density at radius 3 is 1.72 bits per heavy atom. The number of halogens is 1. The van der Waals surface area contributed by atoms with Gasteiger partial charge < -0.3 is 29.0 Å². The Kier molecular flexibility index (Phi) is 13.6. The molecule has 50 heavy (non-hydrogen) atoms. The Morgan fingerprint density at radius 2 is 1.16 bits per heavy atom. The molecule has 0 spiro atoms. The molecule has 5 rings (SSSR count). The summed E-state index contributed by atoms with van der Waals surface area (Å²) in [7, 11) is 1.30. The number of carbonyl (C=O) groups excluding carboxylic acids is 1. The number of aliphatic hydroxyl groups excluding tert-OH is 1. The van der Waals surface area contributed by atoms with E-state index in [1.807, 2.05) is 115 Å². The fourth-order valence-corrected chi connectivity index (χ4v) is 5.30. The maximum atomic E-state index is 12.6. The van der Waals surface area contributed by atoms with Crippen LogP contribution in [0.2, 0.25) is 0 Å². The molecule has 0 aliphatic rings. The molecule has 10 heteroatoms. The van der Waals surface area contributed by atoms with Crippen molar-refractivity contribution in [2.45, 2.75) is 32.7 Å². The third-order valence-corrected chi connectivity index (χ3v) is 7.98. The Morgan fingerprint density at radius 1 is 0.620 bits per heavy atom. The number of oxime groups is 2. The molecule has 0 atom stereocenters. The van der Waals surface area contributed by atoms with Crippen LogP contribution in [0.3, 0.4) is 0 Å². The lowest BCUT2D eigenvalue weighted by Crippen LogP contribution is -2.19. The van der Waals surface area contributed by atoms with E-state index in [9.17, 15) is 9.90 Å². The van der Waals surface area contributed by atoms with Crippen molar-refractivity contribution in [3.05, 3.63) is 160 Å². The molecular weight excluding hydrogens is 700 g/mol. The van der Waals surface area contributed by atoms with Gasteiger partial charge in [-0.3, -0.25) is 0 Å². The molecule has 0 unspecified atom stereocenters. The number of methoxy groups -OCH3 is 1. The lowest BCUT2D eigenvalue weighted by molar-refractivity contribution is -0.133. The minimum Gasteiger partial charge on any atom is -0.485 e. The Hall–Kier alpha value is -5.45. The van der Waals surface area contributed by atoms with E-state index in [4.69, 9.17) is 23.9 Å². The fraction of sp³-hybridized carbons (Fsp3) is 0.175. The van der Waals surface area contributed by atoms with Gasteiger partial charge in [0, 0.05) is 12.8 Å². The second-order valence-electron chi connectivity index (χ2n) is 11.1. The zero-order valence-corrected chi connectivity index (χ0v) is 29.1. The molecule has 0 heterocycles. The number of esters is 1. The highest BCUT2D eigenvalue weighted by molar-refractivity contribution is 9.10. The average Bonchev–Trinajstić information content (AvgIpc) is 3.15. The highest BCUT2D eigenvalue weighted by atomic mass is 79.9. The molecule has 256 valence electrons. The van der Waals surface area contributed by atoms with Gasteiger partial charge in [0.2, 0.25) is 0 Å². The molecule has 0 radical (unpaired) electrons. The minimum absolute atomic E-state index is 0.104. The molecule has 0 bridgehead atoms. The Balaban J connectivity index is 1.33. The van der Waals surface area contributed by atoms with Gasteiger partial charge in [-0.15, -0.1) is 0 Å². The van der Waals surface area contributed by atoms with Crippen LogP contribution in [0.1, 0.15) is 27.8 Å². The molecule has 1 N–H and O–H groups in total. The van der Waals surface area contributed by atoms with Crippen molar-refractivity contribution in [3.8, 4) is 17.2 Å². The maximum absolute atomic E-state index is 12.6. The van der Waals surface area contributed by atoms with Gasteiger partial charge in [-0.1, -0.05) is 113 Å². The zero-order chi connectivity index (χ0) is 35.0. The van der Waals surface area contributed by atoms with Crippen LogP contribution in [0.4, 0.5) is 0 Å². The number of nitrogens with zero attached hydrogens (tertiary/aromatic N) is 2. The number of carbonyl (C=O) groups is 1. The zero-order valence-electron chi connectivity index (χ0n) is 27.5. The molecule has 0 aliphatic carbocycles. The monoisotopic (exact) mass is 736 g/mol. The first kappa shape index (κ1) is 35.8. The van der Waals surface area contributed by atoms with Crippen molar-refractivity contribution in [1.82, 2.24) is 0 Å². The summed E-state index contributed by atoms with van der Waals surface area (Å²) in [5.74, 6) is 0.884. The molecule has 5 aromatic carbocycles. The van der Waals surface area contributed by atoms with Crippen molar-refractivity contribution >= 4 is 33.3 Å². The first-order valence-corrected chi connectivity index (χ1v) is 16.7. The molecule has 0 aliphatic heterocycles. The molecule has 0 aromatic heterocycles. The smallest absolute Gasteiger partial charge is 0.356 e. The molecule has 5 aromatic rings. The van der Waals surface area contributed by atoms with Crippen molar-refractivity contribution in [3.63, 3.8) is 0 Å². The summed E-state index contributed by atoms with van der Waals surface area (Å²) in [6, 6.07) is 40.1. The summed E-state index contributed by atoms with van der Waals surface area (Å²) in [5, 5.41) is 18.2. The normalized spacial score (nSPS) is 11.5. The lowest BCUT2D eigenvalue weighted by Gasteiger charge is -2.16. The quantitative estimate of drug-likeness (QED) is 0.0582. The number of hydrogen-bond acceptors (Lipinski definition) is 9. The number of benzene rings is 5. The minimum atomic E-state index is -0.598. The third kappa shape index (κ3) is 11.0. The van der Waals surface area contributed by atoms with Crippen molar-refractivity contribution in [2.24, 2.45) is 10.3 Å². The van der Waals surface area contributed by atoms with Crippen LogP contribution in [-0.4, -0.2) is 36.2 Å². The number of rotatable bonds is 17. The van der Waals surface area contributed by atoms with Crippen LogP contribution in [-0.2, 0) is 51.9 Å². The first-order valence-electron chi connectivity index (χ1n) is 15.9. The van der Waals surface area contributed by atoms with E-state index in [-0.39, 0.29) is 25.3 Å². The standard InChI is InChI=1S/C40H37BrN2O7/c1-46-40(45)36(43-49-28-31-15-9-4-10-16-31)23-33-18-20-38(47-26-29-11-5-2-6-12-29)39(24-33)50-37-19-17-32(22-35(37)41)21-34(25-44)42-48-27-30-13-7-3-8-14-30/h2-20,22,24,44H,21,23,25-28H2,1H3/b42-34?,43-36+. The van der Waals surface area contributed by atoms with Crippen LogP contribution in [0.15, 0.2) is 142 Å². The summed E-state index contributed by atoms with van der Waals surface area (Å²) in [5.41, 5.74) is 5.12. The highest BCUT2D eigenvalue weighted by Gasteiger charge is 2.18. The molecule has 9 nitrogen and oxygen atoms in total. The maximum Gasteiger partial charge on any atom is 0.356 e. The summed E-state index contributed by atoms with van der Waals surface area (Å²) < 4.78 is 18.3. The van der Waals surface area contributed by atoms with Crippen LogP contribution < -0.4 is 9.47 Å². The topological polar surface area (TPSA) is 108 Å². The van der Waals surface area contributed by atoms with Crippen molar-refractivity contribution < 1.29 is 33.8 Å². The third-order valence-electron chi connectivity index (χ3n) is 7.36. The van der Waals surface area contributed by atoms with Gasteiger partial charge in [0.15, 0.2) is 17.2 Å². The molecule has 0 saturated heterocycles. The van der Waals surface area contributed by atoms with Gasteiger partial charge in [-0.05, 0) is 68.0 Å². The van der Waals surface area contributed by atoms with Gasteiger partial charge in [0.25, 0.3) is 0 Å². The highest BCUT2D eigenvalue weighted by Crippen LogP contribution is 2.37. The fourth-order valence-electron chi connectivity index (χ4n) is 4.79. The number of ether oxygens (including phenoxy) is 3. The second-order valence-corrected chi connectivity index (χ2v) is 12.0. The molecule has 0 saturated carbocycles. The Bertz CT molecular complexity index is 1880. The summed E-state index contributed by atoms with van der Waals surface area (Å²) in [6.07, 6.45) is 0.513. The van der Waals surface area contributed by atoms with E-state index in [2.05, 4.69) is 26.2 Å². The van der Waals surface area contributed by atoms with Gasteiger partial charge in [0.05, 0.1) is 23.9 Å². The average molecular weight is 738 g/mol. The summed E-state index contributed by atoms with van der Waals surface area (Å²) in [6.45, 7) is 0.600. The summed E-state index contributed by atoms with van der Waals surface area (Å²) in [4.78, 5) is 23.6. The van der Waals surface area contributed by atoms with E-state index in [0.717, 1.165) is 27.8 Å². The first-order chi connectivity index (χ1) is 24.5. The Labute approximate surface area is 299 Å². The summed E-state index contributed by atoms with van der Waals surface area (Å²) >= 11 is 3.64. The second kappa shape index (κ2) is 18.9. The predicted molar refractivity (Wildman–Crippen MR) is 195 cm³/mol. The molecular formula is C40H37BrN2O7. The predicted octanol–water partition coefficient (Wildman–Crippen LogP) is 8.22. The van der Waals surface area contributed by atoms with E-state index in [0.29, 0.717) is 47.1 Å². The van der Waals surface area contributed by atoms with Crippen LogP contribution in [0, 0.1) is 0 Å². The van der Waals surface area contributed by atoms with E-state index in [1.54, 1.807) is 12.1 Å². The van der Waals surface area contributed by atoms with Gasteiger partial charge >= 0.3 is 5.97 Å². The van der Waals surface area contributed by atoms with Gasteiger partial charge in [-0.2, -0.15) is 0 Å². The van der Waals surface area contributed by atoms with Crippen LogP contribution in [0.25, 0.3) is 0 Å². The number of aliphatic hydroxyl groups is 1. The van der Waals surface area contributed by atoms with Gasteiger partial charge in [-0.25, -0.2) is 4.79 Å². The SMILES string of the molecule is COC(=O)/C(Cc1ccc(OCc2ccccc2)c(Oc2ccc(CC(CO)=NOCc3ccccc3)cc2Br)c1)=N/OCc1ccccc1. The van der Waals surface area contributed by atoms with Crippen LogP contribution >= 0.6 is 15.9 Å².